The molecule has 2 N–H and O–H groups in total. The van der Waals surface area contributed by atoms with Crippen LogP contribution in [0.5, 0.6) is 0 Å². The molecule has 18 heavy (non-hydrogen) atoms. The summed E-state index contributed by atoms with van der Waals surface area (Å²) in [7, 11) is 1.93. The lowest BCUT2D eigenvalue weighted by Crippen LogP contribution is -2.17. The zero-order valence-corrected chi connectivity index (χ0v) is 9.99. The van der Waals surface area contributed by atoms with Gasteiger partial charge in [0.2, 0.25) is 0 Å². The number of benzene rings is 1. The standard InChI is InChI=1S/C13H13N5/c1-18-8-7-17-13(18)11(14)9-3-2-4-10-12(9)16-6-5-15-10/h2-8,11H,14H2,1H3. The van der Waals surface area contributed by atoms with Crippen LogP contribution in [0.25, 0.3) is 11.0 Å². The highest BCUT2D eigenvalue weighted by molar-refractivity contribution is 5.78. The predicted molar refractivity (Wildman–Crippen MR) is 68.8 cm³/mol. The molecule has 0 fully saturated rings. The van der Waals surface area contributed by atoms with Crippen LogP contribution in [0.4, 0.5) is 0 Å². The van der Waals surface area contributed by atoms with Crippen molar-refractivity contribution in [2.75, 3.05) is 0 Å². The molecule has 0 saturated heterocycles. The number of rotatable bonds is 2. The summed E-state index contributed by atoms with van der Waals surface area (Å²) >= 11 is 0. The highest BCUT2D eigenvalue weighted by Crippen LogP contribution is 2.23. The topological polar surface area (TPSA) is 69.6 Å². The molecule has 0 amide bonds. The smallest absolute Gasteiger partial charge is 0.130 e. The Morgan fingerprint density at radius 1 is 1.11 bits per heavy atom. The monoisotopic (exact) mass is 239 g/mol. The number of aryl methyl sites for hydroxylation is 1. The van der Waals surface area contributed by atoms with Gasteiger partial charge in [-0.1, -0.05) is 12.1 Å². The predicted octanol–water partition coefficient (Wildman–Crippen LogP) is 1.41. The Labute approximate surface area is 104 Å². The summed E-state index contributed by atoms with van der Waals surface area (Å²) < 4.78 is 1.92. The van der Waals surface area contributed by atoms with Crippen LogP contribution in [0.3, 0.4) is 0 Å². The SMILES string of the molecule is Cn1ccnc1C(N)c1cccc2nccnc12. The summed E-state index contributed by atoms with van der Waals surface area (Å²) in [6.07, 6.45) is 6.98. The number of hydrogen-bond acceptors (Lipinski definition) is 4. The van der Waals surface area contributed by atoms with E-state index in [0.717, 1.165) is 22.4 Å². The Balaban J connectivity index is 2.18. The number of nitrogens with zero attached hydrogens (tertiary/aromatic N) is 4. The number of hydrogen-bond donors (Lipinski definition) is 1. The van der Waals surface area contributed by atoms with E-state index in [1.807, 2.05) is 36.0 Å². The Bertz CT molecular complexity index is 683. The lowest BCUT2D eigenvalue weighted by atomic mass is 10.0. The molecule has 5 heteroatoms. The van der Waals surface area contributed by atoms with E-state index >= 15 is 0 Å². The Hall–Kier alpha value is -2.27. The first kappa shape index (κ1) is 10.9. The highest BCUT2D eigenvalue weighted by atomic mass is 15.1. The van der Waals surface area contributed by atoms with E-state index in [9.17, 15) is 0 Å². The average Bonchev–Trinajstić information content (AvgIpc) is 2.83. The molecule has 0 aliphatic carbocycles. The van der Waals surface area contributed by atoms with Gasteiger partial charge in [-0.15, -0.1) is 0 Å². The van der Waals surface area contributed by atoms with Crippen molar-refractivity contribution in [3.63, 3.8) is 0 Å². The van der Waals surface area contributed by atoms with Crippen molar-refractivity contribution in [2.24, 2.45) is 12.8 Å². The van der Waals surface area contributed by atoms with Crippen LogP contribution >= 0.6 is 0 Å². The third kappa shape index (κ3) is 1.65. The highest BCUT2D eigenvalue weighted by Gasteiger charge is 2.16. The lowest BCUT2D eigenvalue weighted by molar-refractivity contribution is 0.719. The van der Waals surface area contributed by atoms with Crippen LogP contribution in [0.1, 0.15) is 17.4 Å². The molecule has 3 aromatic rings. The molecule has 1 aromatic carbocycles. The second-order valence-electron chi connectivity index (χ2n) is 4.15. The van der Waals surface area contributed by atoms with Crippen LogP contribution < -0.4 is 5.73 Å². The Kier molecular flexibility index (Phi) is 2.53. The van der Waals surface area contributed by atoms with Crippen molar-refractivity contribution < 1.29 is 0 Å². The van der Waals surface area contributed by atoms with Crippen molar-refractivity contribution >= 4 is 11.0 Å². The maximum Gasteiger partial charge on any atom is 0.130 e. The molecule has 90 valence electrons. The van der Waals surface area contributed by atoms with E-state index in [0.29, 0.717) is 0 Å². The summed E-state index contributed by atoms with van der Waals surface area (Å²) in [5, 5.41) is 0. The van der Waals surface area contributed by atoms with Gasteiger partial charge in [0.15, 0.2) is 0 Å². The molecule has 2 aromatic heterocycles. The summed E-state index contributed by atoms with van der Waals surface area (Å²) in [5.41, 5.74) is 8.89. The third-order valence-electron chi connectivity index (χ3n) is 3.00. The number of fused-ring (bicyclic) bond motifs is 1. The molecule has 0 spiro atoms. The summed E-state index contributed by atoms with van der Waals surface area (Å²) in [6.45, 7) is 0. The zero-order chi connectivity index (χ0) is 12.5. The zero-order valence-electron chi connectivity index (χ0n) is 9.99. The van der Waals surface area contributed by atoms with Crippen LogP contribution in [0.15, 0.2) is 43.0 Å². The fourth-order valence-electron chi connectivity index (χ4n) is 2.08. The first-order chi connectivity index (χ1) is 8.77. The van der Waals surface area contributed by atoms with E-state index in [4.69, 9.17) is 5.73 Å². The van der Waals surface area contributed by atoms with Crippen molar-refractivity contribution in [2.45, 2.75) is 6.04 Å². The van der Waals surface area contributed by atoms with Crippen molar-refractivity contribution in [3.05, 3.63) is 54.4 Å². The molecular weight excluding hydrogens is 226 g/mol. The van der Waals surface area contributed by atoms with Crippen molar-refractivity contribution in [3.8, 4) is 0 Å². The molecule has 1 atom stereocenters. The quantitative estimate of drug-likeness (QED) is 0.734. The molecule has 1 unspecified atom stereocenters. The first-order valence-corrected chi connectivity index (χ1v) is 5.70. The molecule has 0 radical (unpaired) electrons. The first-order valence-electron chi connectivity index (χ1n) is 5.70. The van der Waals surface area contributed by atoms with E-state index in [1.54, 1.807) is 18.6 Å². The molecule has 0 saturated carbocycles. The number of para-hydroxylation sites is 1. The fraction of sp³-hybridized carbons (Fsp3) is 0.154. The van der Waals surface area contributed by atoms with Crippen LogP contribution in [0, 0.1) is 0 Å². The molecular formula is C13H13N5. The average molecular weight is 239 g/mol. The maximum atomic E-state index is 6.28. The Morgan fingerprint density at radius 2 is 1.94 bits per heavy atom. The molecule has 0 aliphatic rings. The number of aromatic nitrogens is 4. The molecule has 0 aliphatic heterocycles. The van der Waals surface area contributed by atoms with Gasteiger partial charge < -0.3 is 10.3 Å². The van der Waals surface area contributed by atoms with Gasteiger partial charge >= 0.3 is 0 Å². The number of imidazole rings is 1. The fourth-order valence-corrected chi connectivity index (χ4v) is 2.08. The minimum Gasteiger partial charge on any atom is -0.336 e. The molecule has 3 rings (SSSR count). The second kappa shape index (κ2) is 4.19. The van der Waals surface area contributed by atoms with E-state index in [1.165, 1.54) is 0 Å². The minimum absolute atomic E-state index is 0.301. The van der Waals surface area contributed by atoms with E-state index in [2.05, 4.69) is 15.0 Å². The lowest BCUT2D eigenvalue weighted by Gasteiger charge is -2.13. The largest absolute Gasteiger partial charge is 0.336 e. The van der Waals surface area contributed by atoms with Crippen LogP contribution in [0.2, 0.25) is 0 Å². The normalized spacial score (nSPS) is 12.8. The maximum absolute atomic E-state index is 6.28. The van der Waals surface area contributed by atoms with Gasteiger partial charge in [0.25, 0.3) is 0 Å². The van der Waals surface area contributed by atoms with Gasteiger partial charge in [-0.3, -0.25) is 9.97 Å². The van der Waals surface area contributed by atoms with Crippen LogP contribution in [-0.2, 0) is 7.05 Å². The molecule has 5 nitrogen and oxygen atoms in total. The van der Waals surface area contributed by atoms with Crippen molar-refractivity contribution in [1.29, 1.82) is 0 Å². The van der Waals surface area contributed by atoms with E-state index < -0.39 is 0 Å². The Morgan fingerprint density at radius 3 is 2.72 bits per heavy atom. The van der Waals surface area contributed by atoms with E-state index in [-0.39, 0.29) is 6.04 Å². The van der Waals surface area contributed by atoms with Gasteiger partial charge in [0.1, 0.15) is 5.82 Å². The van der Waals surface area contributed by atoms with Crippen LogP contribution in [-0.4, -0.2) is 19.5 Å². The van der Waals surface area contributed by atoms with Gasteiger partial charge in [-0.2, -0.15) is 0 Å². The summed E-state index contributed by atoms with van der Waals surface area (Å²) in [5.74, 6) is 0.813. The van der Waals surface area contributed by atoms with Gasteiger partial charge in [0, 0.05) is 37.4 Å². The molecule has 0 bridgehead atoms. The van der Waals surface area contributed by atoms with Gasteiger partial charge in [0.05, 0.1) is 17.1 Å². The summed E-state index contributed by atoms with van der Waals surface area (Å²) in [6, 6.07) is 5.54. The summed E-state index contributed by atoms with van der Waals surface area (Å²) in [4.78, 5) is 12.9. The molecule has 2 heterocycles. The second-order valence-corrected chi connectivity index (χ2v) is 4.15. The van der Waals surface area contributed by atoms with Crippen molar-refractivity contribution in [1.82, 2.24) is 19.5 Å². The minimum atomic E-state index is -0.301. The number of nitrogens with two attached hydrogens (primary N) is 1. The third-order valence-corrected chi connectivity index (χ3v) is 3.00. The van der Waals surface area contributed by atoms with Gasteiger partial charge in [-0.05, 0) is 6.07 Å². The van der Waals surface area contributed by atoms with Gasteiger partial charge in [-0.25, -0.2) is 4.98 Å².